The van der Waals surface area contributed by atoms with Crippen LogP contribution >= 0.6 is 0 Å². The molecule has 7 heteroatoms. The number of guanidine groups is 1. The van der Waals surface area contributed by atoms with Gasteiger partial charge in [0.05, 0.1) is 13.2 Å². The highest BCUT2D eigenvalue weighted by Gasteiger charge is 2.24. The van der Waals surface area contributed by atoms with Gasteiger partial charge in [0.25, 0.3) is 0 Å². The van der Waals surface area contributed by atoms with Crippen LogP contribution in [0.2, 0.25) is 0 Å². The summed E-state index contributed by atoms with van der Waals surface area (Å²) in [5.74, 6) is 1.52. The number of amides is 1. The SMILES string of the molecule is CCCOc1ccc(CN=C(NCC)NCC2CC(=O)Nc3ccccc32)cn1. The van der Waals surface area contributed by atoms with E-state index in [9.17, 15) is 4.79 Å². The predicted octanol–water partition coefficient (Wildman–Crippen LogP) is 3.05. The topological polar surface area (TPSA) is 87.6 Å². The Labute approximate surface area is 172 Å². The van der Waals surface area contributed by atoms with E-state index in [1.807, 2.05) is 37.3 Å². The van der Waals surface area contributed by atoms with E-state index < -0.39 is 0 Å². The van der Waals surface area contributed by atoms with Crippen molar-refractivity contribution in [2.75, 3.05) is 25.0 Å². The minimum absolute atomic E-state index is 0.0499. The van der Waals surface area contributed by atoms with Gasteiger partial charge in [-0.15, -0.1) is 0 Å². The summed E-state index contributed by atoms with van der Waals surface area (Å²) in [5, 5.41) is 9.57. The Bertz CT molecular complexity index is 835. The van der Waals surface area contributed by atoms with Gasteiger partial charge >= 0.3 is 0 Å². The molecule has 1 atom stereocenters. The molecule has 0 saturated heterocycles. The van der Waals surface area contributed by atoms with E-state index in [-0.39, 0.29) is 11.8 Å². The number of hydrogen-bond acceptors (Lipinski definition) is 4. The van der Waals surface area contributed by atoms with Crippen LogP contribution in [-0.4, -0.2) is 36.5 Å². The van der Waals surface area contributed by atoms with Crippen LogP contribution in [0, 0.1) is 0 Å². The zero-order chi connectivity index (χ0) is 20.5. The van der Waals surface area contributed by atoms with E-state index in [1.54, 1.807) is 6.20 Å². The van der Waals surface area contributed by atoms with E-state index in [1.165, 1.54) is 0 Å². The number of carbonyl (C=O) groups is 1. The van der Waals surface area contributed by atoms with Gasteiger partial charge in [-0.1, -0.05) is 31.2 Å². The summed E-state index contributed by atoms with van der Waals surface area (Å²) in [6, 6.07) is 11.8. The van der Waals surface area contributed by atoms with Crippen molar-refractivity contribution in [3.8, 4) is 5.88 Å². The lowest BCUT2D eigenvalue weighted by molar-refractivity contribution is -0.116. The minimum atomic E-state index is 0.0499. The van der Waals surface area contributed by atoms with Crippen molar-refractivity contribution in [1.29, 1.82) is 0 Å². The maximum Gasteiger partial charge on any atom is 0.225 e. The lowest BCUT2D eigenvalue weighted by Gasteiger charge is -2.26. The molecule has 0 aliphatic carbocycles. The van der Waals surface area contributed by atoms with Crippen LogP contribution in [0.25, 0.3) is 0 Å². The molecule has 1 aliphatic rings. The normalized spacial score (nSPS) is 16.0. The first kappa shape index (κ1) is 20.6. The number of aromatic nitrogens is 1. The summed E-state index contributed by atoms with van der Waals surface area (Å²) in [7, 11) is 0. The summed E-state index contributed by atoms with van der Waals surface area (Å²) >= 11 is 0. The number of benzene rings is 1. The third kappa shape index (κ3) is 5.94. The number of para-hydroxylation sites is 1. The molecule has 1 aliphatic heterocycles. The number of ether oxygens (including phenoxy) is 1. The predicted molar refractivity (Wildman–Crippen MR) is 115 cm³/mol. The monoisotopic (exact) mass is 395 g/mol. The fourth-order valence-electron chi connectivity index (χ4n) is 3.21. The van der Waals surface area contributed by atoms with Crippen LogP contribution in [-0.2, 0) is 11.3 Å². The average Bonchev–Trinajstić information content (AvgIpc) is 2.74. The molecular weight excluding hydrogens is 366 g/mol. The first-order valence-electron chi connectivity index (χ1n) is 10.2. The van der Waals surface area contributed by atoms with Crippen molar-refractivity contribution in [1.82, 2.24) is 15.6 Å². The van der Waals surface area contributed by atoms with Crippen molar-refractivity contribution < 1.29 is 9.53 Å². The van der Waals surface area contributed by atoms with Gasteiger partial charge in [-0.2, -0.15) is 0 Å². The second-order valence-corrected chi connectivity index (χ2v) is 6.97. The van der Waals surface area contributed by atoms with E-state index in [4.69, 9.17) is 4.74 Å². The number of nitrogens with one attached hydrogen (secondary N) is 3. The molecule has 0 radical (unpaired) electrons. The maximum atomic E-state index is 12.0. The van der Waals surface area contributed by atoms with E-state index in [0.717, 1.165) is 35.7 Å². The van der Waals surface area contributed by atoms with Gasteiger partial charge in [0.1, 0.15) is 0 Å². The molecule has 2 aromatic rings. The maximum absolute atomic E-state index is 12.0. The highest BCUT2D eigenvalue weighted by atomic mass is 16.5. The van der Waals surface area contributed by atoms with Gasteiger partial charge < -0.3 is 20.7 Å². The van der Waals surface area contributed by atoms with Crippen LogP contribution in [0.3, 0.4) is 0 Å². The molecule has 29 heavy (non-hydrogen) atoms. The third-order valence-electron chi connectivity index (χ3n) is 4.64. The Morgan fingerprint density at radius 2 is 2.10 bits per heavy atom. The van der Waals surface area contributed by atoms with Crippen LogP contribution in [0.5, 0.6) is 5.88 Å². The van der Waals surface area contributed by atoms with Gasteiger partial charge in [0.2, 0.25) is 11.8 Å². The Balaban J connectivity index is 1.60. The Kier molecular flexibility index (Phi) is 7.44. The molecule has 1 amide bonds. The van der Waals surface area contributed by atoms with Gasteiger partial charge in [0, 0.05) is 43.4 Å². The fraction of sp³-hybridized carbons (Fsp3) is 0.409. The molecule has 7 nitrogen and oxygen atoms in total. The van der Waals surface area contributed by atoms with Gasteiger partial charge in [-0.05, 0) is 30.5 Å². The molecule has 154 valence electrons. The summed E-state index contributed by atoms with van der Waals surface area (Å²) in [6.07, 6.45) is 3.21. The zero-order valence-electron chi connectivity index (χ0n) is 17.1. The molecule has 0 spiro atoms. The Hall–Kier alpha value is -3.09. The number of fused-ring (bicyclic) bond motifs is 1. The first-order valence-corrected chi connectivity index (χ1v) is 10.2. The van der Waals surface area contributed by atoms with Crippen LogP contribution in [0.15, 0.2) is 47.6 Å². The van der Waals surface area contributed by atoms with Crippen LogP contribution in [0.1, 0.15) is 43.7 Å². The van der Waals surface area contributed by atoms with E-state index in [0.29, 0.717) is 32.0 Å². The van der Waals surface area contributed by atoms with Crippen molar-refractivity contribution in [2.45, 2.75) is 39.2 Å². The molecule has 3 N–H and O–H groups in total. The molecule has 0 saturated carbocycles. The number of aliphatic imine (C=N–C) groups is 1. The van der Waals surface area contributed by atoms with Gasteiger partial charge in [-0.25, -0.2) is 9.98 Å². The summed E-state index contributed by atoms with van der Waals surface area (Å²) in [6.45, 7) is 6.67. The lowest BCUT2D eigenvalue weighted by atomic mass is 9.90. The quantitative estimate of drug-likeness (QED) is 0.472. The minimum Gasteiger partial charge on any atom is -0.478 e. The first-order chi connectivity index (χ1) is 14.2. The van der Waals surface area contributed by atoms with Crippen molar-refractivity contribution in [3.63, 3.8) is 0 Å². The number of carbonyl (C=O) groups excluding carboxylic acids is 1. The second-order valence-electron chi connectivity index (χ2n) is 6.97. The van der Waals surface area contributed by atoms with Gasteiger partial charge in [0.15, 0.2) is 5.96 Å². The third-order valence-corrected chi connectivity index (χ3v) is 4.64. The highest BCUT2D eigenvalue weighted by Crippen LogP contribution is 2.31. The molecule has 1 aromatic carbocycles. The van der Waals surface area contributed by atoms with Crippen LogP contribution in [0.4, 0.5) is 5.69 Å². The molecule has 0 bridgehead atoms. The standard InChI is InChI=1S/C22H29N5O2/c1-3-11-29-21-10-9-16(13-24-21)14-25-22(23-4-2)26-15-17-12-20(28)27-19-8-6-5-7-18(17)19/h5-10,13,17H,3-4,11-12,14-15H2,1-2H3,(H,27,28)(H2,23,25,26). The highest BCUT2D eigenvalue weighted by molar-refractivity contribution is 5.94. The van der Waals surface area contributed by atoms with Gasteiger partial charge in [-0.3, -0.25) is 4.79 Å². The van der Waals surface area contributed by atoms with Crippen LogP contribution < -0.4 is 20.7 Å². The molecule has 3 rings (SSSR count). The van der Waals surface area contributed by atoms with E-state index >= 15 is 0 Å². The Morgan fingerprint density at radius 1 is 1.24 bits per heavy atom. The van der Waals surface area contributed by atoms with E-state index in [2.05, 4.69) is 38.9 Å². The molecule has 2 heterocycles. The number of anilines is 1. The van der Waals surface area contributed by atoms with Crippen molar-refractivity contribution in [3.05, 3.63) is 53.7 Å². The summed E-state index contributed by atoms with van der Waals surface area (Å²) < 4.78 is 5.51. The molecule has 1 aromatic heterocycles. The smallest absolute Gasteiger partial charge is 0.225 e. The summed E-state index contributed by atoms with van der Waals surface area (Å²) in [4.78, 5) is 21.0. The van der Waals surface area contributed by atoms with Crippen molar-refractivity contribution in [2.24, 2.45) is 4.99 Å². The number of hydrogen-bond donors (Lipinski definition) is 3. The molecule has 1 unspecified atom stereocenters. The fourth-order valence-corrected chi connectivity index (χ4v) is 3.21. The number of rotatable bonds is 8. The lowest BCUT2D eigenvalue weighted by Crippen LogP contribution is -2.40. The molecular formula is C22H29N5O2. The number of nitrogens with zero attached hydrogens (tertiary/aromatic N) is 2. The summed E-state index contributed by atoms with van der Waals surface area (Å²) in [5.41, 5.74) is 3.06. The van der Waals surface area contributed by atoms with Crippen molar-refractivity contribution >= 4 is 17.6 Å². The largest absolute Gasteiger partial charge is 0.478 e. The average molecular weight is 396 g/mol. The molecule has 0 fully saturated rings. The zero-order valence-corrected chi connectivity index (χ0v) is 17.1. The number of pyridine rings is 1. The second kappa shape index (κ2) is 10.5. The Morgan fingerprint density at radius 3 is 2.86 bits per heavy atom.